The van der Waals surface area contributed by atoms with Crippen LogP contribution >= 0.6 is 15.9 Å². The average molecular weight is 355 g/mol. The molecule has 4 heteroatoms. The van der Waals surface area contributed by atoms with Crippen LogP contribution in [0.15, 0.2) is 28.7 Å². The van der Waals surface area contributed by atoms with E-state index in [0.717, 1.165) is 30.3 Å². The van der Waals surface area contributed by atoms with E-state index in [0.29, 0.717) is 18.7 Å². The van der Waals surface area contributed by atoms with E-state index in [9.17, 15) is 0 Å². The molecule has 1 heterocycles. The van der Waals surface area contributed by atoms with Gasteiger partial charge in [-0.2, -0.15) is 0 Å². The third-order valence-electron chi connectivity index (χ3n) is 4.50. The van der Waals surface area contributed by atoms with E-state index in [4.69, 9.17) is 5.11 Å². The zero-order valence-corrected chi connectivity index (χ0v) is 14.5. The summed E-state index contributed by atoms with van der Waals surface area (Å²) in [6, 6.07) is 9.65. The monoisotopic (exact) mass is 354 g/mol. The highest BCUT2D eigenvalue weighted by Gasteiger charge is 2.24. The van der Waals surface area contributed by atoms with E-state index in [-0.39, 0.29) is 0 Å². The topological polar surface area (TPSA) is 35.5 Å². The van der Waals surface area contributed by atoms with Gasteiger partial charge in [0.25, 0.3) is 0 Å². The first-order valence-electron chi connectivity index (χ1n) is 8.02. The fourth-order valence-corrected chi connectivity index (χ4v) is 3.76. The normalized spacial score (nSPS) is 20.8. The van der Waals surface area contributed by atoms with Gasteiger partial charge in [0, 0.05) is 29.7 Å². The Morgan fingerprint density at radius 1 is 1.48 bits per heavy atom. The average Bonchev–Trinajstić information content (AvgIpc) is 2.93. The maximum atomic E-state index is 9.01. The number of likely N-dealkylation sites (tertiary alicyclic amines) is 1. The minimum atomic E-state index is 0.321. The van der Waals surface area contributed by atoms with Crippen LogP contribution in [0.25, 0.3) is 0 Å². The predicted molar refractivity (Wildman–Crippen MR) is 91.5 cm³/mol. The summed E-state index contributed by atoms with van der Waals surface area (Å²) >= 11 is 3.55. The van der Waals surface area contributed by atoms with E-state index in [1.54, 1.807) is 0 Å². The number of benzene rings is 1. The largest absolute Gasteiger partial charge is 0.396 e. The van der Waals surface area contributed by atoms with Crippen molar-refractivity contribution >= 4 is 15.9 Å². The van der Waals surface area contributed by atoms with Crippen molar-refractivity contribution < 1.29 is 5.11 Å². The van der Waals surface area contributed by atoms with Gasteiger partial charge < -0.3 is 15.3 Å². The minimum absolute atomic E-state index is 0.321. The Kier molecular flexibility index (Phi) is 7.17. The van der Waals surface area contributed by atoms with E-state index < -0.39 is 0 Å². The molecule has 0 bridgehead atoms. The maximum Gasteiger partial charge on any atom is 0.0431 e. The molecule has 1 aromatic carbocycles. The van der Waals surface area contributed by atoms with E-state index >= 15 is 0 Å². The number of nitrogens with one attached hydrogen (secondary N) is 1. The zero-order valence-electron chi connectivity index (χ0n) is 12.9. The number of hydrogen-bond donors (Lipinski definition) is 2. The number of aliphatic hydroxyl groups is 1. The van der Waals surface area contributed by atoms with Crippen molar-refractivity contribution in [2.24, 2.45) is 0 Å². The van der Waals surface area contributed by atoms with Gasteiger partial charge in [-0.3, -0.25) is 0 Å². The summed E-state index contributed by atoms with van der Waals surface area (Å²) in [5.74, 6) is 0. The molecule has 2 unspecified atom stereocenters. The lowest BCUT2D eigenvalue weighted by Gasteiger charge is -2.27. The first kappa shape index (κ1) is 16.9. The van der Waals surface area contributed by atoms with Gasteiger partial charge in [-0.15, -0.1) is 0 Å². The van der Waals surface area contributed by atoms with Crippen LogP contribution in [0.4, 0.5) is 0 Å². The molecule has 1 fully saturated rings. The SMILES string of the molecule is CNC(CCN1CCCC1CCCO)c1cccc(Br)c1. The second-order valence-corrected chi connectivity index (χ2v) is 6.80. The van der Waals surface area contributed by atoms with Crippen LogP contribution in [0.3, 0.4) is 0 Å². The van der Waals surface area contributed by atoms with Gasteiger partial charge >= 0.3 is 0 Å². The van der Waals surface area contributed by atoms with Crippen LogP contribution < -0.4 is 5.32 Å². The number of halogens is 1. The smallest absolute Gasteiger partial charge is 0.0431 e. The summed E-state index contributed by atoms with van der Waals surface area (Å²) in [4.78, 5) is 2.61. The molecule has 1 saturated heterocycles. The Bertz CT molecular complexity index is 427. The number of hydrogen-bond acceptors (Lipinski definition) is 3. The first-order chi connectivity index (χ1) is 10.2. The van der Waals surface area contributed by atoms with Crippen molar-refractivity contribution in [2.45, 2.75) is 44.2 Å². The number of aliphatic hydroxyl groups excluding tert-OH is 1. The molecule has 2 N–H and O–H groups in total. The molecule has 1 aliphatic heterocycles. The zero-order chi connectivity index (χ0) is 15.1. The lowest BCUT2D eigenvalue weighted by molar-refractivity contribution is 0.208. The van der Waals surface area contributed by atoms with E-state index in [2.05, 4.69) is 50.4 Å². The highest BCUT2D eigenvalue weighted by atomic mass is 79.9. The summed E-state index contributed by atoms with van der Waals surface area (Å²) in [6.07, 6.45) is 5.79. The molecule has 0 aromatic heterocycles. The maximum absolute atomic E-state index is 9.01. The molecule has 1 aliphatic rings. The van der Waals surface area contributed by atoms with Crippen molar-refractivity contribution in [3.63, 3.8) is 0 Å². The molecule has 2 atom stereocenters. The molecule has 0 amide bonds. The molecule has 2 rings (SSSR count). The van der Waals surface area contributed by atoms with Crippen molar-refractivity contribution in [1.29, 1.82) is 0 Å². The van der Waals surface area contributed by atoms with Crippen LogP contribution in [-0.4, -0.2) is 42.8 Å². The van der Waals surface area contributed by atoms with Gasteiger partial charge in [0.1, 0.15) is 0 Å². The lowest BCUT2D eigenvalue weighted by atomic mass is 10.0. The molecule has 21 heavy (non-hydrogen) atoms. The van der Waals surface area contributed by atoms with E-state index in [1.807, 2.05) is 7.05 Å². The molecule has 0 aliphatic carbocycles. The standard InChI is InChI=1S/C17H27BrN2O/c1-19-17(14-5-2-6-15(18)13-14)9-11-20-10-3-7-16(20)8-4-12-21/h2,5-6,13,16-17,19,21H,3-4,7-12H2,1H3. The Morgan fingerprint density at radius 2 is 2.33 bits per heavy atom. The molecule has 0 saturated carbocycles. The quantitative estimate of drug-likeness (QED) is 0.751. The second kappa shape index (κ2) is 8.89. The van der Waals surface area contributed by atoms with Gasteiger partial charge in [0.05, 0.1) is 0 Å². The summed E-state index contributed by atoms with van der Waals surface area (Å²) in [5.41, 5.74) is 1.35. The molecule has 3 nitrogen and oxygen atoms in total. The Morgan fingerprint density at radius 3 is 3.05 bits per heavy atom. The summed E-state index contributed by atoms with van der Waals surface area (Å²) in [6.45, 7) is 2.67. The van der Waals surface area contributed by atoms with Crippen molar-refractivity contribution in [3.8, 4) is 0 Å². The third kappa shape index (κ3) is 5.06. The first-order valence-corrected chi connectivity index (χ1v) is 8.81. The van der Waals surface area contributed by atoms with Crippen molar-refractivity contribution in [2.75, 3.05) is 26.7 Å². The van der Waals surface area contributed by atoms with Crippen molar-refractivity contribution in [1.82, 2.24) is 10.2 Å². The third-order valence-corrected chi connectivity index (χ3v) is 4.99. The van der Waals surface area contributed by atoms with Crippen molar-refractivity contribution in [3.05, 3.63) is 34.3 Å². The highest BCUT2D eigenvalue weighted by Crippen LogP contribution is 2.25. The Labute approximate surface area is 136 Å². The van der Waals surface area contributed by atoms with Gasteiger partial charge in [-0.05, 0) is 63.4 Å². The van der Waals surface area contributed by atoms with Gasteiger partial charge in [-0.1, -0.05) is 28.1 Å². The van der Waals surface area contributed by atoms with Gasteiger partial charge in [-0.25, -0.2) is 0 Å². The highest BCUT2D eigenvalue weighted by molar-refractivity contribution is 9.10. The fraction of sp³-hybridized carbons (Fsp3) is 0.647. The molecule has 118 valence electrons. The molecular formula is C17H27BrN2O. The van der Waals surface area contributed by atoms with Gasteiger partial charge in [0.15, 0.2) is 0 Å². The predicted octanol–water partition coefficient (Wildman–Crippen LogP) is 3.34. The molecular weight excluding hydrogens is 328 g/mol. The Balaban J connectivity index is 1.87. The molecule has 0 radical (unpaired) electrons. The number of nitrogens with zero attached hydrogens (tertiary/aromatic N) is 1. The molecule has 1 aromatic rings. The summed E-state index contributed by atoms with van der Waals surface area (Å²) in [7, 11) is 2.04. The second-order valence-electron chi connectivity index (χ2n) is 5.88. The van der Waals surface area contributed by atoms with Crippen LogP contribution in [0.2, 0.25) is 0 Å². The van der Waals surface area contributed by atoms with Gasteiger partial charge in [0.2, 0.25) is 0 Å². The summed E-state index contributed by atoms with van der Waals surface area (Å²) < 4.78 is 1.14. The summed E-state index contributed by atoms with van der Waals surface area (Å²) in [5, 5.41) is 12.5. The van der Waals surface area contributed by atoms with Crippen LogP contribution in [-0.2, 0) is 0 Å². The van der Waals surface area contributed by atoms with Crippen LogP contribution in [0.5, 0.6) is 0 Å². The Hall–Kier alpha value is -0.420. The van der Waals surface area contributed by atoms with Crippen LogP contribution in [0, 0.1) is 0 Å². The minimum Gasteiger partial charge on any atom is -0.396 e. The van der Waals surface area contributed by atoms with E-state index in [1.165, 1.54) is 24.9 Å². The fourth-order valence-electron chi connectivity index (χ4n) is 3.34. The molecule has 0 spiro atoms. The number of rotatable bonds is 8. The van der Waals surface area contributed by atoms with Crippen LogP contribution in [0.1, 0.15) is 43.7 Å². The lowest BCUT2D eigenvalue weighted by Crippen LogP contribution is -2.32.